The van der Waals surface area contributed by atoms with Gasteiger partial charge in [-0.2, -0.15) is 8.78 Å². The van der Waals surface area contributed by atoms with E-state index in [9.17, 15) is 13.6 Å². The second-order valence-electron chi connectivity index (χ2n) is 2.87. The summed E-state index contributed by atoms with van der Waals surface area (Å²) in [7, 11) is 0. The van der Waals surface area contributed by atoms with Crippen LogP contribution in [0.5, 0.6) is 0 Å². The number of aryl methyl sites for hydroxylation is 1. The molecule has 0 saturated carbocycles. The zero-order valence-corrected chi connectivity index (χ0v) is 7.97. The molecule has 1 rings (SSSR count). The van der Waals surface area contributed by atoms with E-state index in [1.54, 1.807) is 0 Å². The second-order valence-corrected chi connectivity index (χ2v) is 3.42. The van der Waals surface area contributed by atoms with Crippen molar-refractivity contribution in [2.24, 2.45) is 0 Å². The molecule has 1 heterocycles. The van der Waals surface area contributed by atoms with E-state index in [4.69, 9.17) is 17.3 Å². The Hall–Kier alpha value is -1.10. The van der Waals surface area contributed by atoms with Crippen LogP contribution < -0.4 is 11.2 Å². The van der Waals surface area contributed by atoms with Crippen LogP contribution in [0.4, 0.5) is 14.5 Å². The molecule has 0 amide bonds. The maximum atomic E-state index is 12.2. The van der Waals surface area contributed by atoms with Crippen molar-refractivity contribution in [3.8, 4) is 0 Å². The molecule has 0 aliphatic rings. The number of aromatic nitrogens is 1. The first-order chi connectivity index (χ1) is 6.38. The van der Waals surface area contributed by atoms with Gasteiger partial charge in [0.1, 0.15) is 0 Å². The average molecular weight is 223 g/mol. The molecule has 0 fully saturated rings. The van der Waals surface area contributed by atoms with Gasteiger partial charge in [-0.25, -0.2) is 0 Å². The average Bonchev–Trinajstić information content (AvgIpc) is 2.06. The van der Waals surface area contributed by atoms with Crippen molar-refractivity contribution < 1.29 is 8.78 Å². The molecule has 0 aliphatic heterocycles. The smallest absolute Gasteiger partial charge is 0.323 e. The third-order valence-electron chi connectivity index (χ3n) is 1.66. The first-order valence-corrected chi connectivity index (χ1v) is 4.28. The van der Waals surface area contributed by atoms with Gasteiger partial charge in [0.05, 0.1) is 5.69 Å². The number of nitrogen functional groups attached to an aromatic ring is 1. The summed E-state index contributed by atoms with van der Waals surface area (Å²) in [5.74, 6) is 0. The van der Waals surface area contributed by atoms with E-state index >= 15 is 0 Å². The normalized spacial score (nSPS) is 11.6. The van der Waals surface area contributed by atoms with Crippen LogP contribution in [0.15, 0.2) is 23.3 Å². The first-order valence-electron chi connectivity index (χ1n) is 3.91. The quantitative estimate of drug-likeness (QED) is 0.791. The minimum atomic E-state index is -3.22. The summed E-state index contributed by atoms with van der Waals surface area (Å²) in [5, 5.41) is -3.22. The molecule has 0 radical (unpaired) electrons. The first kappa shape index (κ1) is 11.0. The fraction of sp³-hybridized carbons (Fsp3) is 0.375. The SMILES string of the molecule is Nc1cn(CCC(F)(F)Cl)ccc1=O. The molecule has 0 aliphatic carbocycles. The van der Waals surface area contributed by atoms with Gasteiger partial charge in [-0.3, -0.25) is 4.79 Å². The van der Waals surface area contributed by atoms with Gasteiger partial charge in [0, 0.05) is 31.4 Å². The van der Waals surface area contributed by atoms with Crippen LogP contribution in [0.25, 0.3) is 0 Å². The van der Waals surface area contributed by atoms with Crippen LogP contribution in [0.1, 0.15) is 6.42 Å². The van der Waals surface area contributed by atoms with Crippen LogP contribution in [0.2, 0.25) is 0 Å². The number of hydrogen-bond acceptors (Lipinski definition) is 2. The Morgan fingerprint density at radius 2 is 2.21 bits per heavy atom. The summed E-state index contributed by atoms with van der Waals surface area (Å²) >= 11 is 4.71. The molecule has 1 aromatic rings. The molecule has 0 bridgehead atoms. The van der Waals surface area contributed by atoms with Crippen molar-refractivity contribution in [1.82, 2.24) is 4.57 Å². The number of nitrogens with two attached hydrogens (primary N) is 1. The highest BCUT2D eigenvalue weighted by Gasteiger charge is 2.23. The molecule has 78 valence electrons. The van der Waals surface area contributed by atoms with Crippen molar-refractivity contribution >= 4 is 17.3 Å². The van der Waals surface area contributed by atoms with Gasteiger partial charge in [-0.05, 0) is 11.6 Å². The number of halogens is 3. The Labute approximate surface area is 84.1 Å². The molecule has 0 spiro atoms. The molecule has 3 nitrogen and oxygen atoms in total. The maximum absolute atomic E-state index is 12.2. The Kier molecular flexibility index (Phi) is 3.10. The zero-order valence-electron chi connectivity index (χ0n) is 7.21. The predicted octanol–water partition coefficient (Wildman–Crippen LogP) is 1.65. The molecular formula is C8H9ClF2N2O. The summed E-state index contributed by atoms with van der Waals surface area (Å²) in [5.41, 5.74) is 5.02. The Bertz CT molecular complexity index is 372. The van der Waals surface area contributed by atoms with Crippen molar-refractivity contribution in [3.05, 3.63) is 28.7 Å². The summed E-state index contributed by atoms with van der Waals surface area (Å²) in [4.78, 5) is 10.9. The van der Waals surface area contributed by atoms with Crippen molar-refractivity contribution in [3.63, 3.8) is 0 Å². The van der Waals surface area contributed by atoms with Gasteiger partial charge < -0.3 is 10.3 Å². The van der Waals surface area contributed by atoms with E-state index in [-0.39, 0.29) is 17.7 Å². The third kappa shape index (κ3) is 3.33. The highest BCUT2D eigenvalue weighted by atomic mass is 35.5. The van der Waals surface area contributed by atoms with E-state index < -0.39 is 11.8 Å². The fourth-order valence-electron chi connectivity index (χ4n) is 0.940. The van der Waals surface area contributed by atoms with Crippen LogP contribution in [-0.4, -0.2) is 9.95 Å². The van der Waals surface area contributed by atoms with E-state index in [1.165, 1.54) is 23.0 Å². The Morgan fingerprint density at radius 3 is 2.71 bits per heavy atom. The summed E-state index contributed by atoms with van der Waals surface area (Å²) in [6.07, 6.45) is 2.20. The van der Waals surface area contributed by atoms with Gasteiger partial charge >= 0.3 is 5.38 Å². The van der Waals surface area contributed by atoms with Crippen LogP contribution >= 0.6 is 11.6 Å². The van der Waals surface area contributed by atoms with Crippen LogP contribution in [0.3, 0.4) is 0 Å². The largest absolute Gasteiger partial charge is 0.394 e. The second kappa shape index (κ2) is 3.96. The van der Waals surface area contributed by atoms with E-state index in [1.807, 2.05) is 0 Å². The molecule has 2 N–H and O–H groups in total. The maximum Gasteiger partial charge on any atom is 0.323 e. The minimum Gasteiger partial charge on any atom is -0.394 e. The predicted molar refractivity (Wildman–Crippen MR) is 50.5 cm³/mol. The summed E-state index contributed by atoms with van der Waals surface area (Å²) in [6.45, 7) is 0.0149. The van der Waals surface area contributed by atoms with E-state index in [2.05, 4.69) is 0 Å². The van der Waals surface area contributed by atoms with Crippen LogP contribution in [0, 0.1) is 0 Å². The Balaban J connectivity index is 2.70. The lowest BCUT2D eigenvalue weighted by Gasteiger charge is -2.10. The number of pyridine rings is 1. The molecule has 0 saturated heterocycles. The number of hydrogen-bond donors (Lipinski definition) is 1. The highest BCUT2D eigenvalue weighted by molar-refractivity contribution is 6.21. The van der Waals surface area contributed by atoms with Crippen LogP contribution in [-0.2, 0) is 6.54 Å². The van der Waals surface area contributed by atoms with Crippen molar-refractivity contribution in [1.29, 1.82) is 0 Å². The molecule has 14 heavy (non-hydrogen) atoms. The molecule has 0 aromatic carbocycles. The standard InChI is InChI=1S/C8H9ClF2N2O/c9-8(10,11)2-4-13-3-1-7(14)6(12)5-13/h1,3,5H,2,4,12H2. The number of rotatable bonds is 3. The van der Waals surface area contributed by atoms with Gasteiger partial charge in [0.15, 0.2) is 0 Å². The number of nitrogens with zero attached hydrogens (tertiary/aromatic N) is 1. The highest BCUT2D eigenvalue weighted by Crippen LogP contribution is 2.23. The lowest BCUT2D eigenvalue weighted by Crippen LogP contribution is -2.14. The van der Waals surface area contributed by atoms with Gasteiger partial charge in [0.25, 0.3) is 0 Å². The topological polar surface area (TPSA) is 48.0 Å². The van der Waals surface area contributed by atoms with Gasteiger partial charge in [-0.15, -0.1) is 0 Å². The third-order valence-corrected chi connectivity index (χ3v) is 1.85. The monoisotopic (exact) mass is 222 g/mol. The van der Waals surface area contributed by atoms with Crippen molar-refractivity contribution in [2.75, 3.05) is 5.73 Å². The molecule has 1 aromatic heterocycles. The lowest BCUT2D eigenvalue weighted by atomic mass is 10.3. The molecule has 0 atom stereocenters. The number of anilines is 1. The van der Waals surface area contributed by atoms with E-state index in [0.29, 0.717) is 0 Å². The number of alkyl halides is 3. The fourth-order valence-corrected chi connectivity index (χ4v) is 1.02. The molecule has 6 heteroatoms. The Morgan fingerprint density at radius 1 is 1.57 bits per heavy atom. The van der Waals surface area contributed by atoms with Gasteiger partial charge in [-0.1, -0.05) is 0 Å². The van der Waals surface area contributed by atoms with Gasteiger partial charge in [0.2, 0.25) is 5.43 Å². The lowest BCUT2D eigenvalue weighted by molar-refractivity contribution is 0.0808. The zero-order chi connectivity index (χ0) is 10.8. The molecular weight excluding hydrogens is 214 g/mol. The van der Waals surface area contributed by atoms with Crippen molar-refractivity contribution in [2.45, 2.75) is 18.3 Å². The summed E-state index contributed by atoms with van der Waals surface area (Å²) < 4.78 is 25.9. The molecule has 0 unspecified atom stereocenters. The summed E-state index contributed by atoms with van der Waals surface area (Å²) in [6, 6.07) is 1.22. The minimum absolute atomic E-state index is 0.0149. The van der Waals surface area contributed by atoms with E-state index in [0.717, 1.165) is 0 Å².